The predicted octanol–water partition coefficient (Wildman–Crippen LogP) is 3.32. The van der Waals surface area contributed by atoms with Crippen LogP contribution in [0.25, 0.3) is 0 Å². The van der Waals surface area contributed by atoms with Gasteiger partial charge in [0, 0.05) is 23.3 Å². The normalized spacial score (nSPS) is 10.4. The van der Waals surface area contributed by atoms with Crippen molar-refractivity contribution in [2.45, 2.75) is 6.54 Å². The molecule has 0 aliphatic heterocycles. The highest BCUT2D eigenvalue weighted by atomic mass is 79.9. The highest BCUT2D eigenvalue weighted by Gasteiger charge is 2.03. The van der Waals surface area contributed by atoms with Crippen molar-refractivity contribution in [1.29, 1.82) is 0 Å². The molecule has 0 atom stereocenters. The topological polar surface area (TPSA) is 50.9 Å². The first-order chi connectivity index (χ1) is 8.54. The van der Waals surface area contributed by atoms with E-state index in [1.165, 1.54) is 12.1 Å². The number of pyridine rings is 1. The zero-order valence-corrected chi connectivity index (χ0v) is 10.8. The van der Waals surface area contributed by atoms with Crippen molar-refractivity contribution < 1.29 is 8.78 Å². The van der Waals surface area contributed by atoms with Crippen LogP contribution >= 0.6 is 15.9 Å². The van der Waals surface area contributed by atoms with Gasteiger partial charge in [-0.2, -0.15) is 0 Å². The van der Waals surface area contributed by atoms with E-state index in [-0.39, 0.29) is 6.54 Å². The summed E-state index contributed by atoms with van der Waals surface area (Å²) >= 11 is 3.27. The monoisotopic (exact) mass is 313 g/mol. The molecular formula is C12H10BrF2N3. The van der Waals surface area contributed by atoms with Gasteiger partial charge in [0.2, 0.25) is 0 Å². The second-order valence-electron chi connectivity index (χ2n) is 3.72. The van der Waals surface area contributed by atoms with Crippen LogP contribution in [0.3, 0.4) is 0 Å². The summed E-state index contributed by atoms with van der Waals surface area (Å²) in [5.41, 5.74) is 6.77. The number of hydrogen-bond acceptors (Lipinski definition) is 3. The Balaban J connectivity index is 2.13. The van der Waals surface area contributed by atoms with Crippen molar-refractivity contribution in [2.75, 3.05) is 11.1 Å². The van der Waals surface area contributed by atoms with E-state index in [0.29, 0.717) is 17.1 Å². The molecule has 0 saturated carbocycles. The SMILES string of the molecule is Nc1ncc(Br)cc1NCc1cc(F)cc(F)c1. The maximum Gasteiger partial charge on any atom is 0.146 e. The molecule has 18 heavy (non-hydrogen) atoms. The lowest BCUT2D eigenvalue weighted by molar-refractivity contribution is 0.580. The number of halogens is 3. The summed E-state index contributed by atoms with van der Waals surface area (Å²) in [7, 11) is 0. The van der Waals surface area contributed by atoms with Gasteiger partial charge in [-0.3, -0.25) is 0 Å². The number of nitrogens with one attached hydrogen (secondary N) is 1. The minimum absolute atomic E-state index is 0.261. The molecule has 0 unspecified atom stereocenters. The van der Waals surface area contributed by atoms with E-state index in [2.05, 4.69) is 26.2 Å². The number of hydrogen-bond donors (Lipinski definition) is 2. The molecular weight excluding hydrogens is 304 g/mol. The Morgan fingerprint density at radius 3 is 2.50 bits per heavy atom. The molecule has 1 aromatic heterocycles. The summed E-state index contributed by atoms with van der Waals surface area (Å²) < 4.78 is 26.7. The van der Waals surface area contributed by atoms with Gasteiger partial charge in [0.25, 0.3) is 0 Å². The van der Waals surface area contributed by atoms with Gasteiger partial charge < -0.3 is 11.1 Å². The van der Waals surface area contributed by atoms with Gasteiger partial charge in [-0.15, -0.1) is 0 Å². The second-order valence-corrected chi connectivity index (χ2v) is 4.63. The van der Waals surface area contributed by atoms with Crippen molar-refractivity contribution in [1.82, 2.24) is 4.98 Å². The Bertz CT molecular complexity index is 555. The van der Waals surface area contributed by atoms with E-state index < -0.39 is 11.6 Å². The zero-order chi connectivity index (χ0) is 13.1. The third-order valence-electron chi connectivity index (χ3n) is 2.29. The maximum absolute atomic E-state index is 13.0. The van der Waals surface area contributed by atoms with Gasteiger partial charge in [-0.1, -0.05) is 0 Å². The average molecular weight is 314 g/mol. The minimum Gasteiger partial charge on any atom is -0.382 e. The molecule has 6 heteroatoms. The summed E-state index contributed by atoms with van der Waals surface area (Å²) in [6.45, 7) is 0.261. The highest BCUT2D eigenvalue weighted by Crippen LogP contribution is 2.21. The van der Waals surface area contributed by atoms with Crippen molar-refractivity contribution in [3.63, 3.8) is 0 Å². The molecule has 0 aliphatic rings. The van der Waals surface area contributed by atoms with Crippen molar-refractivity contribution in [3.05, 3.63) is 52.1 Å². The first-order valence-electron chi connectivity index (χ1n) is 5.14. The van der Waals surface area contributed by atoms with Gasteiger partial charge in [0.15, 0.2) is 0 Å². The molecule has 3 nitrogen and oxygen atoms in total. The van der Waals surface area contributed by atoms with Gasteiger partial charge >= 0.3 is 0 Å². The number of nitrogen functional groups attached to an aromatic ring is 1. The summed E-state index contributed by atoms with van der Waals surface area (Å²) in [6, 6.07) is 5.10. The van der Waals surface area contributed by atoms with Crippen LogP contribution in [0.1, 0.15) is 5.56 Å². The smallest absolute Gasteiger partial charge is 0.146 e. The molecule has 0 aliphatic carbocycles. The summed E-state index contributed by atoms with van der Waals surface area (Å²) in [4.78, 5) is 3.95. The van der Waals surface area contributed by atoms with Crippen LogP contribution in [0.2, 0.25) is 0 Å². The lowest BCUT2D eigenvalue weighted by Gasteiger charge is -2.09. The molecule has 2 rings (SSSR count). The molecule has 0 fully saturated rings. The summed E-state index contributed by atoms with van der Waals surface area (Å²) in [5.74, 6) is -0.880. The van der Waals surface area contributed by atoms with Crippen LogP contribution in [-0.2, 0) is 6.54 Å². The number of benzene rings is 1. The first kappa shape index (κ1) is 12.8. The van der Waals surface area contributed by atoms with Crippen LogP contribution < -0.4 is 11.1 Å². The van der Waals surface area contributed by atoms with E-state index in [1.807, 2.05) is 0 Å². The molecule has 0 saturated heterocycles. The quantitative estimate of drug-likeness (QED) is 0.914. The second kappa shape index (κ2) is 5.30. The Morgan fingerprint density at radius 1 is 1.17 bits per heavy atom. The number of nitrogens with two attached hydrogens (primary N) is 1. The standard InChI is InChI=1S/C12H10BrF2N3/c13-8-3-11(12(16)18-6-8)17-5-7-1-9(14)4-10(15)2-7/h1-4,6,17H,5H2,(H2,16,18). The Hall–Kier alpha value is -1.69. The van der Waals surface area contributed by atoms with Crippen LogP contribution in [-0.4, -0.2) is 4.98 Å². The maximum atomic E-state index is 13.0. The average Bonchev–Trinajstić information content (AvgIpc) is 2.29. The molecule has 0 bridgehead atoms. The fourth-order valence-corrected chi connectivity index (χ4v) is 1.83. The summed E-state index contributed by atoms with van der Waals surface area (Å²) in [6.07, 6.45) is 1.57. The highest BCUT2D eigenvalue weighted by molar-refractivity contribution is 9.10. The van der Waals surface area contributed by atoms with Gasteiger partial charge in [0.1, 0.15) is 17.5 Å². The number of nitrogens with zero attached hydrogens (tertiary/aromatic N) is 1. The van der Waals surface area contributed by atoms with Gasteiger partial charge in [-0.05, 0) is 39.7 Å². The Kier molecular flexibility index (Phi) is 3.76. The Morgan fingerprint density at radius 2 is 1.83 bits per heavy atom. The molecule has 3 N–H and O–H groups in total. The van der Waals surface area contributed by atoms with Crippen LogP contribution in [0.15, 0.2) is 34.9 Å². The molecule has 0 radical (unpaired) electrons. The third kappa shape index (κ3) is 3.16. The lowest BCUT2D eigenvalue weighted by atomic mass is 10.2. The van der Waals surface area contributed by atoms with Crippen LogP contribution in [0.5, 0.6) is 0 Å². The fourth-order valence-electron chi connectivity index (χ4n) is 1.50. The number of rotatable bonds is 3. The summed E-state index contributed by atoms with van der Waals surface area (Å²) in [5, 5.41) is 2.97. The van der Waals surface area contributed by atoms with Crippen molar-refractivity contribution >= 4 is 27.4 Å². The van der Waals surface area contributed by atoms with E-state index in [0.717, 1.165) is 10.5 Å². The third-order valence-corrected chi connectivity index (χ3v) is 2.72. The van der Waals surface area contributed by atoms with E-state index >= 15 is 0 Å². The van der Waals surface area contributed by atoms with Crippen LogP contribution in [0, 0.1) is 11.6 Å². The first-order valence-corrected chi connectivity index (χ1v) is 5.94. The van der Waals surface area contributed by atoms with Gasteiger partial charge in [-0.25, -0.2) is 13.8 Å². The Labute approximate surface area is 111 Å². The fraction of sp³-hybridized carbons (Fsp3) is 0.0833. The molecule has 94 valence electrons. The lowest BCUT2D eigenvalue weighted by Crippen LogP contribution is -2.04. The van der Waals surface area contributed by atoms with Crippen LogP contribution in [0.4, 0.5) is 20.3 Å². The predicted molar refractivity (Wildman–Crippen MR) is 70.0 cm³/mol. The van der Waals surface area contributed by atoms with Crippen molar-refractivity contribution in [3.8, 4) is 0 Å². The molecule has 1 aromatic carbocycles. The largest absolute Gasteiger partial charge is 0.382 e. The number of anilines is 2. The van der Waals surface area contributed by atoms with Gasteiger partial charge in [0.05, 0.1) is 5.69 Å². The minimum atomic E-state index is -0.605. The zero-order valence-electron chi connectivity index (χ0n) is 9.25. The molecule has 2 aromatic rings. The molecule has 0 spiro atoms. The molecule has 0 amide bonds. The molecule has 1 heterocycles. The van der Waals surface area contributed by atoms with E-state index in [1.54, 1.807) is 12.3 Å². The van der Waals surface area contributed by atoms with E-state index in [4.69, 9.17) is 5.73 Å². The van der Waals surface area contributed by atoms with Crippen molar-refractivity contribution in [2.24, 2.45) is 0 Å². The van der Waals surface area contributed by atoms with E-state index in [9.17, 15) is 8.78 Å². The number of aromatic nitrogens is 1.